The quantitative estimate of drug-likeness (QED) is 0.0279. The van der Waals surface area contributed by atoms with Gasteiger partial charge in [0.05, 0.1) is 101 Å². The molecule has 1 unspecified atom stereocenters. The van der Waals surface area contributed by atoms with Crippen LogP contribution in [-0.2, 0) is 96.4 Å². The molecule has 0 aliphatic heterocycles. The van der Waals surface area contributed by atoms with Gasteiger partial charge in [-0.15, -0.1) is 0 Å². The first-order valence-electron chi connectivity index (χ1n) is 45.2. The average molecular weight is 1870 g/mol. The number of aromatic amines is 2. The number of aromatic nitrogens is 14. The molecular weight excluding hydrogens is 1770 g/mol. The normalized spacial score (nSPS) is 11.5. The van der Waals surface area contributed by atoms with E-state index in [9.17, 15) is 53.1 Å². The van der Waals surface area contributed by atoms with E-state index >= 15 is 0 Å². The van der Waals surface area contributed by atoms with Crippen LogP contribution in [0.2, 0.25) is 0 Å². The van der Waals surface area contributed by atoms with Crippen LogP contribution in [0.1, 0.15) is 92.7 Å². The van der Waals surface area contributed by atoms with E-state index in [-0.39, 0.29) is 55.6 Å². The van der Waals surface area contributed by atoms with Crippen molar-refractivity contribution in [1.29, 1.82) is 0 Å². The Morgan fingerprint density at radius 1 is 0.336 bits per heavy atom. The Bertz CT molecular complexity index is 8720. The standard InChI is InChI=1S/C27H20N2O3.C22H21N3O3.C21H19N3O3.C20H17N3O4.C20H17N3O3/c30-26-23-16-7-6-15-22(23)24(17-20-13-8-12-18-9-4-5-14-21(18)20)28-29(26)25(27(31)32)19-10-2-1-3-11-19;1-14-6-5-9-19-21(14)15(13-24(19)2)12-18-16-7-3-4-8-17(16)22(28)25(23-18)11-10-20(26)27;1-23-13-14(15-6-4-5-9-19(15)23)12-18-16-7-2-3-8-17(16)21(27)24(22-18)11-10-20(25)26;1-27-13-6-7-17-16(9-13)12(10-21-17)8-18-14-4-2-3-5-15(14)20(26)23(22-18)11-19(24)25;24-19(25)9-10-23-20(26)16-7-2-1-6-15(16)18(22-23)11-13-12-21-17-8-4-3-5-14(13)17/h1-16,25H,17H2,(H,31,32);3-9,13H,10-12H2,1-2H3,(H,26,27);2-9,13H,10-12H2,1H3,(H,25,26);2-7,9-10,21H,8,11H2,1H3,(H,24,25);1-8,12,21H,9-11H2,(H,24,25). The third kappa shape index (κ3) is 20.2. The molecule has 0 saturated carbocycles. The molecule has 0 aliphatic rings. The van der Waals surface area contributed by atoms with Crippen LogP contribution in [0.15, 0.2) is 328 Å². The van der Waals surface area contributed by atoms with Crippen LogP contribution in [0.5, 0.6) is 5.75 Å². The lowest BCUT2D eigenvalue weighted by molar-refractivity contribution is -0.140. The summed E-state index contributed by atoms with van der Waals surface area (Å²) in [6, 6.07) is 86.3. The van der Waals surface area contributed by atoms with Crippen molar-refractivity contribution in [2.45, 2.75) is 90.5 Å². The summed E-state index contributed by atoms with van der Waals surface area (Å²) in [4.78, 5) is 126. The largest absolute Gasteiger partial charge is 0.497 e. The van der Waals surface area contributed by atoms with Crippen molar-refractivity contribution in [2.75, 3.05) is 7.11 Å². The molecule has 0 amide bonds. The van der Waals surface area contributed by atoms with Gasteiger partial charge in [0.25, 0.3) is 27.8 Å². The van der Waals surface area contributed by atoms with Crippen LogP contribution >= 0.6 is 0 Å². The number of fused-ring (bicyclic) bond motifs is 10. The number of nitrogens with one attached hydrogen (secondary N) is 2. The SMILES string of the molecule is COc1ccc2[nH]cc(Cc3nn(CC(=O)O)c(=O)c4ccccc34)c2c1.Cc1cccc2c1c(Cc1nn(CCC(=O)O)c(=O)c3ccccc13)cn2C.Cn1cc(Cc2nn(CCC(=O)O)c(=O)c3ccccc23)c2ccccc21.O=C(O)C(c1ccccc1)n1nc(Cc2cccc3ccccc23)c2ccccc2c1=O.O=C(O)CCn1nc(Cc2c[nH]c3ccccc23)c2ccccc2c1=O. The van der Waals surface area contributed by atoms with E-state index in [0.717, 1.165) is 136 Å². The summed E-state index contributed by atoms with van der Waals surface area (Å²) in [5, 5.41) is 81.6. The van der Waals surface area contributed by atoms with Crippen molar-refractivity contribution in [3.8, 4) is 5.75 Å². The first-order valence-corrected chi connectivity index (χ1v) is 45.2. The summed E-state index contributed by atoms with van der Waals surface area (Å²) in [5.74, 6) is -4.34. The molecule has 0 spiro atoms. The lowest BCUT2D eigenvalue weighted by atomic mass is 9.98. The number of carboxylic acid groups (broad SMARTS) is 5. The van der Waals surface area contributed by atoms with Crippen LogP contribution in [0.4, 0.5) is 0 Å². The Hall–Kier alpha value is -18.1. The Labute approximate surface area is 796 Å². The number of hydrogen-bond donors (Lipinski definition) is 7. The molecule has 0 fully saturated rings. The number of rotatable bonds is 25. The monoisotopic (exact) mass is 1870 g/mol. The Morgan fingerprint density at radius 3 is 1.21 bits per heavy atom. The molecule has 0 bridgehead atoms. The molecule has 0 aliphatic carbocycles. The van der Waals surface area contributed by atoms with E-state index in [1.54, 1.807) is 79.9 Å². The van der Waals surface area contributed by atoms with Gasteiger partial charge in [0.15, 0.2) is 6.04 Å². The predicted molar refractivity (Wildman–Crippen MR) is 538 cm³/mol. The third-order valence-electron chi connectivity index (χ3n) is 24.8. The highest BCUT2D eigenvalue weighted by molar-refractivity contribution is 5.94. The van der Waals surface area contributed by atoms with Gasteiger partial charge >= 0.3 is 29.8 Å². The fraction of sp³-hybridized carbons (Fsp3) is 0.155. The summed E-state index contributed by atoms with van der Waals surface area (Å²) in [6.45, 7) is 1.78. The highest BCUT2D eigenvalue weighted by atomic mass is 16.5. The van der Waals surface area contributed by atoms with E-state index in [4.69, 9.17) is 25.2 Å². The van der Waals surface area contributed by atoms with E-state index in [2.05, 4.69) is 106 Å². The highest BCUT2D eigenvalue weighted by Gasteiger charge is 2.28. The number of aryl methyl sites for hydroxylation is 6. The maximum Gasteiger partial charge on any atom is 0.333 e. The number of carboxylic acids is 5. The van der Waals surface area contributed by atoms with Gasteiger partial charge in [-0.2, -0.15) is 25.5 Å². The zero-order chi connectivity index (χ0) is 97.9. The van der Waals surface area contributed by atoms with Crippen molar-refractivity contribution in [3.05, 3.63) is 423 Å². The summed E-state index contributed by atoms with van der Waals surface area (Å²) in [5.41, 5.74) is 13.4. The number of carbonyl (C=O) groups is 5. The molecule has 0 saturated heterocycles. The molecule has 12 aromatic carbocycles. The Balaban J connectivity index is 0.000000121. The lowest BCUT2D eigenvalue weighted by Crippen LogP contribution is -2.33. The van der Waals surface area contributed by atoms with E-state index in [0.29, 0.717) is 76.0 Å². The van der Waals surface area contributed by atoms with Crippen molar-refractivity contribution in [2.24, 2.45) is 14.1 Å². The molecule has 9 heterocycles. The first-order chi connectivity index (χ1) is 67.8. The molecule has 9 aromatic heterocycles. The number of nitrogens with zero attached hydrogens (tertiary/aromatic N) is 12. The first kappa shape index (κ1) is 93.7. The Kier molecular flexibility index (Phi) is 27.7. The van der Waals surface area contributed by atoms with Crippen LogP contribution in [0, 0.1) is 6.92 Å². The zero-order valence-electron chi connectivity index (χ0n) is 76.5. The van der Waals surface area contributed by atoms with Crippen molar-refractivity contribution < 1.29 is 54.2 Å². The van der Waals surface area contributed by atoms with E-state index in [1.165, 1.54) is 25.0 Å². The fourth-order valence-electron chi connectivity index (χ4n) is 18.1. The van der Waals surface area contributed by atoms with Crippen molar-refractivity contribution in [1.82, 2.24) is 68.0 Å². The van der Waals surface area contributed by atoms with Gasteiger partial charge < -0.3 is 49.4 Å². The van der Waals surface area contributed by atoms with E-state index < -0.39 is 53.6 Å². The molecule has 7 N–H and O–H groups in total. The number of aliphatic carboxylic acids is 5. The molecule has 30 heteroatoms. The Morgan fingerprint density at radius 2 is 0.707 bits per heavy atom. The van der Waals surface area contributed by atoms with Gasteiger partial charge in [-0.1, -0.05) is 212 Å². The second kappa shape index (κ2) is 41.4. The second-order valence-electron chi connectivity index (χ2n) is 33.9. The van der Waals surface area contributed by atoms with Gasteiger partial charge in [-0.25, -0.2) is 28.2 Å². The molecule has 140 heavy (non-hydrogen) atoms. The number of ether oxygens (including phenoxy) is 1. The summed E-state index contributed by atoms with van der Waals surface area (Å²) < 4.78 is 15.4. The fourth-order valence-corrected chi connectivity index (χ4v) is 18.1. The minimum atomic E-state index is -1.21. The highest BCUT2D eigenvalue weighted by Crippen LogP contribution is 2.33. The maximum absolute atomic E-state index is 13.3. The van der Waals surface area contributed by atoms with Crippen LogP contribution in [-0.4, -0.2) is 130 Å². The molecule has 1 atom stereocenters. The predicted octanol–water partition coefficient (Wildman–Crippen LogP) is 16.5. The molecule has 21 aromatic rings. The summed E-state index contributed by atoms with van der Waals surface area (Å²) >= 11 is 0. The number of para-hydroxylation sites is 2. The number of benzene rings is 12. The van der Waals surface area contributed by atoms with Gasteiger partial charge in [-0.05, 0) is 123 Å². The third-order valence-corrected chi connectivity index (χ3v) is 24.8. The zero-order valence-corrected chi connectivity index (χ0v) is 76.5. The second-order valence-corrected chi connectivity index (χ2v) is 33.9. The maximum atomic E-state index is 13.3. The van der Waals surface area contributed by atoms with E-state index in [1.807, 2.05) is 190 Å². The van der Waals surface area contributed by atoms with Gasteiger partial charge in [-0.3, -0.25) is 43.2 Å². The number of methoxy groups -OCH3 is 1. The van der Waals surface area contributed by atoms with Gasteiger partial charge in [0.2, 0.25) is 0 Å². The lowest BCUT2D eigenvalue weighted by Gasteiger charge is -2.18. The molecule has 700 valence electrons. The van der Waals surface area contributed by atoms with Crippen molar-refractivity contribution >= 4 is 138 Å². The van der Waals surface area contributed by atoms with Crippen molar-refractivity contribution in [3.63, 3.8) is 0 Å². The number of hydrogen-bond acceptors (Lipinski definition) is 16. The molecule has 0 radical (unpaired) electrons. The average Bonchev–Trinajstić information content (AvgIpc) is 1.49. The minimum Gasteiger partial charge on any atom is -0.497 e. The van der Waals surface area contributed by atoms with Gasteiger partial charge in [0, 0.05) is 142 Å². The summed E-state index contributed by atoms with van der Waals surface area (Å²) in [7, 11) is 5.64. The summed E-state index contributed by atoms with van der Waals surface area (Å²) in [6.07, 6.45) is 10.2. The number of H-pyrrole nitrogens is 2. The van der Waals surface area contributed by atoms with Gasteiger partial charge in [0.1, 0.15) is 12.3 Å². The topological polar surface area (TPSA) is 412 Å². The smallest absolute Gasteiger partial charge is 0.333 e. The molecular formula is C110H94N14O16. The van der Waals surface area contributed by atoms with Crippen LogP contribution in [0.3, 0.4) is 0 Å². The molecule has 30 nitrogen and oxygen atoms in total. The van der Waals surface area contributed by atoms with Crippen LogP contribution < -0.4 is 32.5 Å². The van der Waals surface area contributed by atoms with Crippen LogP contribution in [0.25, 0.3) is 108 Å². The molecule has 21 rings (SSSR count). The minimum absolute atomic E-state index is 0.0554.